The van der Waals surface area contributed by atoms with Gasteiger partial charge in [0.15, 0.2) is 0 Å². The first-order valence-electron chi connectivity index (χ1n) is 5.16. The molecule has 0 heterocycles. The molecule has 0 spiro atoms. The highest BCUT2D eigenvalue weighted by molar-refractivity contribution is 7.91. The average Bonchev–Trinajstić information content (AvgIpc) is 2.13. The number of hydrogen-bond donors (Lipinski definition) is 2. The van der Waals surface area contributed by atoms with Crippen LogP contribution < -0.4 is 10.5 Å². The monoisotopic (exact) mass is 292 g/mol. The van der Waals surface area contributed by atoms with E-state index in [9.17, 15) is 16.8 Å². The molecule has 18 heavy (non-hydrogen) atoms. The van der Waals surface area contributed by atoms with E-state index in [1.165, 1.54) is 19.1 Å². The molecule has 8 heteroatoms. The summed E-state index contributed by atoms with van der Waals surface area (Å²) < 4.78 is 48.4. The highest BCUT2D eigenvalue weighted by Gasteiger charge is 2.21. The van der Waals surface area contributed by atoms with Gasteiger partial charge in [-0.2, -0.15) is 0 Å². The molecule has 3 N–H and O–H groups in total. The van der Waals surface area contributed by atoms with Crippen LogP contribution in [0.1, 0.15) is 6.92 Å². The molecule has 0 amide bonds. The van der Waals surface area contributed by atoms with E-state index in [0.29, 0.717) is 0 Å². The minimum absolute atomic E-state index is 0.0506. The van der Waals surface area contributed by atoms with Gasteiger partial charge in [0.2, 0.25) is 10.0 Å². The molecule has 0 saturated heterocycles. The molecule has 6 nitrogen and oxygen atoms in total. The first kappa shape index (κ1) is 14.9. The van der Waals surface area contributed by atoms with Gasteiger partial charge < -0.3 is 5.73 Å². The predicted octanol–water partition coefficient (Wildman–Crippen LogP) is -0.0198. The zero-order chi connectivity index (χ0) is 14.0. The lowest BCUT2D eigenvalue weighted by molar-refractivity contribution is 0.565. The van der Waals surface area contributed by atoms with Gasteiger partial charge in [0.05, 0.1) is 11.4 Å². The fourth-order valence-electron chi connectivity index (χ4n) is 1.54. The van der Waals surface area contributed by atoms with E-state index in [-0.39, 0.29) is 16.3 Å². The normalized spacial score (nSPS) is 14.3. The second-order valence-electron chi connectivity index (χ2n) is 4.15. The summed E-state index contributed by atoms with van der Waals surface area (Å²) in [5, 5.41) is 0. The van der Waals surface area contributed by atoms with Crippen molar-refractivity contribution in [1.82, 2.24) is 4.72 Å². The Bertz CT molecular complexity index is 623. The molecule has 0 aliphatic rings. The van der Waals surface area contributed by atoms with Crippen LogP contribution in [-0.2, 0) is 19.9 Å². The molecule has 0 radical (unpaired) electrons. The number of sulfone groups is 1. The molecule has 0 aliphatic heterocycles. The third kappa shape index (κ3) is 4.28. The maximum Gasteiger partial charge on any atom is 0.242 e. The molecule has 1 aromatic carbocycles. The first-order chi connectivity index (χ1) is 8.12. The number of nitrogens with two attached hydrogens (primary N) is 1. The van der Waals surface area contributed by atoms with E-state index in [1.54, 1.807) is 12.1 Å². The molecule has 1 aromatic rings. The number of sulfonamides is 1. The Labute approximate surface area is 107 Å². The molecule has 0 aromatic heterocycles. The van der Waals surface area contributed by atoms with Crippen LogP contribution in [-0.4, -0.2) is 34.9 Å². The van der Waals surface area contributed by atoms with Crippen LogP contribution in [0.4, 0.5) is 5.69 Å². The van der Waals surface area contributed by atoms with Crippen LogP contribution in [0.3, 0.4) is 0 Å². The van der Waals surface area contributed by atoms with Gasteiger partial charge in [0, 0.05) is 12.3 Å². The summed E-state index contributed by atoms with van der Waals surface area (Å²) in [5.74, 6) is -0.265. The third-order valence-corrected chi connectivity index (χ3v) is 4.89. The molecule has 0 aliphatic carbocycles. The van der Waals surface area contributed by atoms with Gasteiger partial charge in [-0.05, 0) is 19.1 Å². The van der Waals surface area contributed by atoms with Crippen LogP contribution in [0.25, 0.3) is 0 Å². The molecule has 0 bridgehead atoms. The Balaban J connectivity index is 2.93. The SMILES string of the molecule is CC(CS(C)(=O)=O)NS(=O)(=O)c1ccccc1N. The summed E-state index contributed by atoms with van der Waals surface area (Å²) >= 11 is 0. The van der Waals surface area contributed by atoms with E-state index in [2.05, 4.69) is 4.72 Å². The Kier molecular flexibility index (Phi) is 4.36. The smallest absolute Gasteiger partial charge is 0.242 e. The summed E-state index contributed by atoms with van der Waals surface area (Å²) in [7, 11) is -7.05. The van der Waals surface area contributed by atoms with Gasteiger partial charge in [0.25, 0.3) is 0 Å². The van der Waals surface area contributed by atoms with Crippen molar-refractivity contribution >= 4 is 25.5 Å². The zero-order valence-electron chi connectivity index (χ0n) is 10.1. The second kappa shape index (κ2) is 5.25. The van der Waals surface area contributed by atoms with Crippen molar-refractivity contribution in [2.24, 2.45) is 0 Å². The third-order valence-electron chi connectivity index (χ3n) is 2.12. The minimum atomic E-state index is -3.80. The largest absolute Gasteiger partial charge is 0.398 e. The molecule has 1 rings (SSSR count). The van der Waals surface area contributed by atoms with E-state index >= 15 is 0 Å². The number of nitrogen functional groups attached to an aromatic ring is 1. The lowest BCUT2D eigenvalue weighted by atomic mass is 10.3. The van der Waals surface area contributed by atoms with Crippen LogP contribution in [0.2, 0.25) is 0 Å². The highest BCUT2D eigenvalue weighted by atomic mass is 32.2. The summed E-state index contributed by atoms with van der Waals surface area (Å²) in [6, 6.07) is 5.28. The number of para-hydroxylation sites is 1. The maximum atomic E-state index is 12.0. The summed E-state index contributed by atoms with van der Waals surface area (Å²) in [6.07, 6.45) is 1.05. The van der Waals surface area contributed by atoms with Gasteiger partial charge in [-0.15, -0.1) is 0 Å². The number of hydrogen-bond acceptors (Lipinski definition) is 5. The number of nitrogens with one attached hydrogen (secondary N) is 1. The van der Waals surface area contributed by atoms with Gasteiger partial charge in [-0.25, -0.2) is 21.6 Å². The predicted molar refractivity (Wildman–Crippen MR) is 70.3 cm³/mol. The van der Waals surface area contributed by atoms with Crippen LogP contribution in [0.15, 0.2) is 29.2 Å². The van der Waals surface area contributed by atoms with Gasteiger partial charge in [-0.1, -0.05) is 12.1 Å². The van der Waals surface area contributed by atoms with Gasteiger partial charge in [-0.3, -0.25) is 0 Å². The average molecular weight is 292 g/mol. The number of anilines is 1. The summed E-state index contributed by atoms with van der Waals surface area (Å²) in [5.41, 5.74) is 5.69. The second-order valence-corrected chi connectivity index (χ2v) is 8.02. The van der Waals surface area contributed by atoms with Crippen LogP contribution in [0.5, 0.6) is 0 Å². The standard InChI is InChI=1S/C10H16N2O4S2/c1-8(7-17(2,13)14)12-18(15,16)10-6-4-3-5-9(10)11/h3-6,8,12H,7,11H2,1-2H3. The van der Waals surface area contributed by atoms with E-state index in [0.717, 1.165) is 6.26 Å². The van der Waals surface area contributed by atoms with Crippen molar-refractivity contribution in [1.29, 1.82) is 0 Å². The van der Waals surface area contributed by atoms with E-state index < -0.39 is 25.9 Å². The van der Waals surface area contributed by atoms with E-state index in [4.69, 9.17) is 5.73 Å². The van der Waals surface area contributed by atoms with Crippen molar-refractivity contribution in [2.45, 2.75) is 17.9 Å². The topological polar surface area (TPSA) is 106 Å². The van der Waals surface area contributed by atoms with Crippen LogP contribution in [0, 0.1) is 0 Å². The number of rotatable bonds is 5. The number of benzene rings is 1. The van der Waals surface area contributed by atoms with Gasteiger partial charge in [0.1, 0.15) is 14.7 Å². The minimum Gasteiger partial charge on any atom is -0.398 e. The first-order valence-corrected chi connectivity index (χ1v) is 8.71. The van der Waals surface area contributed by atoms with Gasteiger partial charge >= 0.3 is 0 Å². The molecular weight excluding hydrogens is 276 g/mol. The Morgan fingerprint density at radius 3 is 2.28 bits per heavy atom. The van der Waals surface area contributed by atoms with Crippen molar-refractivity contribution < 1.29 is 16.8 Å². The summed E-state index contributed by atoms with van der Waals surface area (Å²) in [4.78, 5) is -0.0506. The van der Waals surface area contributed by atoms with Crippen molar-refractivity contribution in [2.75, 3.05) is 17.7 Å². The lowest BCUT2D eigenvalue weighted by Crippen LogP contribution is -2.37. The quantitative estimate of drug-likeness (QED) is 0.742. The zero-order valence-corrected chi connectivity index (χ0v) is 11.8. The molecule has 0 saturated carbocycles. The molecular formula is C10H16N2O4S2. The lowest BCUT2D eigenvalue weighted by Gasteiger charge is -2.14. The Morgan fingerprint density at radius 2 is 1.78 bits per heavy atom. The van der Waals surface area contributed by atoms with E-state index in [1.807, 2.05) is 0 Å². The molecule has 0 fully saturated rings. The highest BCUT2D eigenvalue weighted by Crippen LogP contribution is 2.17. The summed E-state index contributed by atoms with van der Waals surface area (Å²) in [6.45, 7) is 1.48. The Morgan fingerprint density at radius 1 is 1.22 bits per heavy atom. The Hall–Kier alpha value is -1.12. The molecule has 1 unspecified atom stereocenters. The fraction of sp³-hybridized carbons (Fsp3) is 0.400. The van der Waals surface area contributed by atoms with Crippen molar-refractivity contribution in [3.8, 4) is 0 Å². The molecule has 1 atom stereocenters. The van der Waals surface area contributed by atoms with Crippen molar-refractivity contribution in [3.63, 3.8) is 0 Å². The maximum absolute atomic E-state index is 12.0. The van der Waals surface area contributed by atoms with Crippen LogP contribution >= 0.6 is 0 Å². The fourth-order valence-corrected chi connectivity index (χ4v) is 4.01. The van der Waals surface area contributed by atoms with Crippen molar-refractivity contribution in [3.05, 3.63) is 24.3 Å². The molecule has 102 valence electrons.